The smallest absolute Gasteiger partial charge is 0.0233 e. The average molecular weight is 197 g/mol. The van der Waals surface area contributed by atoms with E-state index in [9.17, 15) is 0 Å². The number of hydrogen-bond acceptors (Lipinski definition) is 3. The fourth-order valence-corrected chi connectivity index (χ4v) is 2.60. The van der Waals surface area contributed by atoms with E-state index < -0.39 is 0 Å². The van der Waals surface area contributed by atoms with Crippen LogP contribution in [0.1, 0.15) is 19.8 Å². The summed E-state index contributed by atoms with van der Waals surface area (Å²) in [5.74, 6) is 0. The molecule has 0 saturated carbocycles. The normalized spacial score (nSPS) is 37.3. The molecule has 0 aromatic carbocycles. The van der Waals surface area contributed by atoms with Gasteiger partial charge in [-0.05, 0) is 46.4 Å². The molecule has 0 aromatic heterocycles. The lowest BCUT2D eigenvalue weighted by Gasteiger charge is -2.29. The monoisotopic (exact) mass is 197 g/mol. The zero-order valence-corrected chi connectivity index (χ0v) is 9.50. The topological polar surface area (TPSA) is 18.5 Å². The third-order valence-corrected chi connectivity index (χ3v) is 3.76. The van der Waals surface area contributed by atoms with Gasteiger partial charge in [-0.15, -0.1) is 0 Å². The van der Waals surface area contributed by atoms with Crippen molar-refractivity contribution in [1.82, 2.24) is 15.1 Å². The van der Waals surface area contributed by atoms with Gasteiger partial charge in [0.05, 0.1) is 0 Å². The van der Waals surface area contributed by atoms with Crippen molar-refractivity contribution in [2.75, 3.05) is 39.8 Å². The lowest BCUT2D eigenvalue weighted by molar-refractivity contribution is 0.181. The molecule has 0 bridgehead atoms. The summed E-state index contributed by atoms with van der Waals surface area (Å²) in [7, 11) is 2.25. The Balaban J connectivity index is 1.91. The van der Waals surface area contributed by atoms with E-state index in [1.54, 1.807) is 0 Å². The molecule has 2 fully saturated rings. The molecule has 2 rings (SSSR count). The summed E-state index contributed by atoms with van der Waals surface area (Å²) in [6, 6.07) is 1.53. The second-order valence-corrected chi connectivity index (χ2v) is 4.82. The third kappa shape index (κ3) is 2.27. The van der Waals surface area contributed by atoms with Crippen LogP contribution in [-0.4, -0.2) is 61.7 Å². The molecule has 1 N–H and O–H groups in total. The fourth-order valence-electron chi connectivity index (χ4n) is 2.60. The number of hydrogen-bond donors (Lipinski definition) is 1. The van der Waals surface area contributed by atoms with Crippen LogP contribution in [0.2, 0.25) is 0 Å². The first-order valence-electron chi connectivity index (χ1n) is 5.92. The molecule has 2 atom stereocenters. The Morgan fingerprint density at radius 1 is 1.29 bits per heavy atom. The van der Waals surface area contributed by atoms with Crippen molar-refractivity contribution >= 4 is 0 Å². The van der Waals surface area contributed by atoms with Gasteiger partial charge in [-0.25, -0.2) is 0 Å². The summed E-state index contributed by atoms with van der Waals surface area (Å²) < 4.78 is 0. The summed E-state index contributed by atoms with van der Waals surface area (Å²) in [6.07, 6.45) is 2.67. The second kappa shape index (κ2) is 4.60. The lowest BCUT2D eigenvalue weighted by Crippen LogP contribution is -2.42. The van der Waals surface area contributed by atoms with E-state index >= 15 is 0 Å². The highest BCUT2D eigenvalue weighted by molar-refractivity contribution is 4.84. The van der Waals surface area contributed by atoms with Crippen LogP contribution in [0.3, 0.4) is 0 Å². The summed E-state index contributed by atoms with van der Waals surface area (Å²) >= 11 is 0. The Labute approximate surface area is 87.4 Å². The zero-order chi connectivity index (χ0) is 9.97. The van der Waals surface area contributed by atoms with Gasteiger partial charge in [0.1, 0.15) is 0 Å². The number of rotatable bonds is 1. The van der Waals surface area contributed by atoms with E-state index in [4.69, 9.17) is 0 Å². The lowest BCUT2D eigenvalue weighted by atomic mass is 10.2. The Morgan fingerprint density at radius 2 is 2.14 bits per heavy atom. The standard InChI is InChI=1S/C11H23N3/c1-10-9-14(7-3-6-13(10)2)11-4-5-12-8-11/h10-12H,3-9H2,1-2H3. The predicted octanol–water partition coefficient (Wildman–Crippen LogP) is 0.374. The van der Waals surface area contributed by atoms with Gasteiger partial charge in [0.2, 0.25) is 0 Å². The first kappa shape index (κ1) is 10.4. The minimum atomic E-state index is 0.720. The van der Waals surface area contributed by atoms with E-state index in [-0.39, 0.29) is 0 Å². The van der Waals surface area contributed by atoms with Crippen LogP contribution in [0.25, 0.3) is 0 Å². The molecular formula is C11H23N3. The highest BCUT2D eigenvalue weighted by Gasteiger charge is 2.26. The van der Waals surface area contributed by atoms with Crippen LogP contribution < -0.4 is 5.32 Å². The van der Waals surface area contributed by atoms with Crippen LogP contribution in [0, 0.1) is 0 Å². The molecule has 0 aromatic rings. The summed E-state index contributed by atoms with van der Waals surface area (Å²) in [4.78, 5) is 5.18. The molecule has 14 heavy (non-hydrogen) atoms. The van der Waals surface area contributed by atoms with Crippen molar-refractivity contribution in [3.63, 3.8) is 0 Å². The number of nitrogens with zero attached hydrogens (tertiary/aromatic N) is 2. The van der Waals surface area contributed by atoms with Crippen molar-refractivity contribution in [1.29, 1.82) is 0 Å². The molecule has 2 aliphatic heterocycles. The first-order chi connectivity index (χ1) is 6.77. The molecular weight excluding hydrogens is 174 g/mol. The van der Waals surface area contributed by atoms with Crippen LogP contribution in [-0.2, 0) is 0 Å². The van der Waals surface area contributed by atoms with Gasteiger partial charge in [-0.2, -0.15) is 0 Å². The zero-order valence-electron chi connectivity index (χ0n) is 9.50. The second-order valence-electron chi connectivity index (χ2n) is 4.82. The predicted molar refractivity (Wildman–Crippen MR) is 59.6 cm³/mol. The van der Waals surface area contributed by atoms with E-state index in [0.717, 1.165) is 12.1 Å². The van der Waals surface area contributed by atoms with Crippen molar-refractivity contribution in [3.05, 3.63) is 0 Å². The fraction of sp³-hybridized carbons (Fsp3) is 1.00. The molecule has 2 unspecified atom stereocenters. The highest BCUT2D eigenvalue weighted by atomic mass is 15.3. The van der Waals surface area contributed by atoms with Gasteiger partial charge in [-0.3, -0.25) is 4.90 Å². The molecule has 3 nitrogen and oxygen atoms in total. The minimum absolute atomic E-state index is 0.720. The molecule has 2 heterocycles. The molecule has 2 aliphatic rings. The van der Waals surface area contributed by atoms with Gasteiger partial charge < -0.3 is 10.2 Å². The number of nitrogens with one attached hydrogen (secondary N) is 1. The van der Waals surface area contributed by atoms with Gasteiger partial charge >= 0.3 is 0 Å². The van der Waals surface area contributed by atoms with Gasteiger partial charge in [-0.1, -0.05) is 0 Å². The summed E-state index contributed by atoms with van der Waals surface area (Å²) in [5.41, 5.74) is 0. The Kier molecular flexibility index (Phi) is 3.42. The molecule has 0 aliphatic carbocycles. The first-order valence-corrected chi connectivity index (χ1v) is 5.92. The third-order valence-electron chi connectivity index (χ3n) is 3.76. The van der Waals surface area contributed by atoms with Crippen LogP contribution in [0.5, 0.6) is 0 Å². The molecule has 82 valence electrons. The molecule has 2 saturated heterocycles. The van der Waals surface area contributed by atoms with Crippen molar-refractivity contribution in [2.24, 2.45) is 0 Å². The summed E-state index contributed by atoms with van der Waals surface area (Å²) in [6.45, 7) is 8.57. The van der Waals surface area contributed by atoms with Gasteiger partial charge in [0.15, 0.2) is 0 Å². The van der Waals surface area contributed by atoms with Gasteiger partial charge in [0.25, 0.3) is 0 Å². The minimum Gasteiger partial charge on any atom is -0.315 e. The van der Waals surface area contributed by atoms with Crippen molar-refractivity contribution in [3.8, 4) is 0 Å². The van der Waals surface area contributed by atoms with E-state index in [2.05, 4.69) is 29.1 Å². The Hall–Kier alpha value is -0.120. The SMILES string of the molecule is CC1CN(C2CCNC2)CCCN1C. The Bertz CT molecular complexity index is 177. The van der Waals surface area contributed by atoms with E-state index in [0.29, 0.717) is 0 Å². The maximum absolute atomic E-state index is 3.46. The molecule has 0 radical (unpaired) electrons. The summed E-state index contributed by atoms with van der Waals surface area (Å²) in [5, 5.41) is 3.46. The van der Waals surface area contributed by atoms with Crippen molar-refractivity contribution in [2.45, 2.75) is 31.8 Å². The quantitative estimate of drug-likeness (QED) is 0.655. The van der Waals surface area contributed by atoms with E-state index in [1.165, 1.54) is 45.6 Å². The molecule has 0 amide bonds. The largest absolute Gasteiger partial charge is 0.315 e. The maximum atomic E-state index is 3.46. The highest BCUT2D eigenvalue weighted by Crippen LogP contribution is 2.14. The Morgan fingerprint density at radius 3 is 2.86 bits per heavy atom. The van der Waals surface area contributed by atoms with Crippen LogP contribution >= 0.6 is 0 Å². The van der Waals surface area contributed by atoms with E-state index in [1.807, 2.05) is 0 Å². The average Bonchev–Trinajstić information content (AvgIpc) is 2.63. The van der Waals surface area contributed by atoms with Crippen LogP contribution in [0.15, 0.2) is 0 Å². The van der Waals surface area contributed by atoms with Crippen molar-refractivity contribution < 1.29 is 0 Å². The maximum Gasteiger partial charge on any atom is 0.0233 e. The molecule has 0 spiro atoms. The number of likely N-dealkylation sites (N-methyl/N-ethyl adjacent to an activating group) is 1. The van der Waals surface area contributed by atoms with Crippen LogP contribution in [0.4, 0.5) is 0 Å². The molecule has 3 heteroatoms. The van der Waals surface area contributed by atoms with Gasteiger partial charge in [0, 0.05) is 25.2 Å².